The van der Waals surface area contributed by atoms with Crippen LogP contribution in [0.25, 0.3) is 0 Å². The molecule has 186 valence electrons. The van der Waals surface area contributed by atoms with E-state index in [2.05, 4.69) is 22.5 Å². The minimum absolute atomic E-state index is 0.111. The Hall–Kier alpha value is -5.92. The second-order valence-corrected chi connectivity index (χ2v) is 8.61. The van der Waals surface area contributed by atoms with Gasteiger partial charge in [-0.25, -0.2) is 4.90 Å². The van der Waals surface area contributed by atoms with Crippen molar-refractivity contribution in [1.29, 1.82) is 0 Å². The number of terminal acetylenes is 2. The fraction of sp³-hybridized carbons (Fsp3) is 0. The Morgan fingerprint density at radius 1 is 0.615 bits per heavy atom. The number of fused-ring (bicyclic) bond motifs is 1. The van der Waals surface area contributed by atoms with Gasteiger partial charge in [0.1, 0.15) is 0 Å². The average Bonchev–Trinajstić information content (AvgIpc) is 3.22. The van der Waals surface area contributed by atoms with Gasteiger partial charge in [-0.3, -0.25) is 19.2 Å². The number of nitrogens with zero attached hydrogens (tertiary/aromatic N) is 1. The van der Waals surface area contributed by atoms with E-state index in [0.717, 1.165) is 4.90 Å². The minimum Gasteiger partial charge on any atom is -0.322 e. The maximum atomic E-state index is 13.2. The predicted octanol–water partition coefficient (Wildman–Crippen LogP) is 4.95. The molecule has 0 fully saturated rings. The van der Waals surface area contributed by atoms with Crippen LogP contribution in [0.5, 0.6) is 0 Å². The Labute approximate surface area is 224 Å². The number of carbonyl (C=O) groups is 4. The van der Waals surface area contributed by atoms with Crippen LogP contribution in [0, 0.1) is 24.7 Å². The van der Waals surface area contributed by atoms with Gasteiger partial charge in [-0.2, -0.15) is 0 Å². The van der Waals surface area contributed by atoms with Gasteiger partial charge in [0.05, 0.1) is 16.8 Å². The quantitative estimate of drug-likeness (QED) is 0.294. The predicted molar refractivity (Wildman–Crippen MR) is 149 cm³/mol. The van der Waals surface area contributed by atoms with Crippen molar-refractivity contribution < 1.29 is 19.2 Å². The number of rotatable bonds is 5. The molecule has 5 rings (SSSR count). The first-order valence-electron chi connectivity index (χ1n) is 11.8. The van der Waals surface area contributed by atoms with Crippen LogP contribution >= 0.6 is 0 Å². The van der Waals surface area contributed by atoms with Crippen molar-refractivity contribution in [3.8, 4) is 24.7 Å². The van der Waals surface area contributed by atoms with Crippen molar-refractivity contribution in [3.63, 3.8) is 0 Å². The number of imide groups is 1. The van der Waals surface area contributed by atoms with Crippen molar-refractivity contribution in [2.75, 3.05) is 15.5 Å². The van der Waals surface area contributed by atoms with Crippen LogP contribution in [-0.4, -0.2) is 23.6 Å². The van der Waals surface area contributed by atoms with E-state index < -0.39 is 17.7 Å². The lowest BCUT2D eigenvalue weighted by Crippen LogP contribution is -2.29. The highest BCUT2D eigenvalue weighted by molar-refractivity contribution is 6.34. The van der Waals surface area contributed by atoms with Gasteiger partial charge in [-0.15, -0.1) is 12.8 Å². The lowest BCUT2D eigenvalue weighted by atomic mass is 10.1. The molecule has 0 radical (unpaired) electrons. The number of amides is 4. The summed E-state index contributed by atoms with van der Waals surface area (Å²) in [5, 5.41) is 5.51. The highest BCUT2D eigenvalue weighted by Gasteiger charge is 2.37. The maximum absolute atomic E-state index is 13.2. The van der Waals surface area contributed by atoms with Gasteiger partial charge < -0.3 is 10.6 Å². The molecule has 7 heteroatoms. The van der Waals surface area contributed by atoms with Gasteiger partial charge in [0.25, 0.3) is 23.6 Å². The maximum Gasteiger partial charge on any atom is 0.266 e. The Bertz CT molecular complexity index is 1760. The van der Waals surface area contributed by atoms with E-state index in [1.165, 1.54) is 42.5 Å². The molecule has 1 heterocycles. The van der Waals surface area contributed by atoms with Crippen molar-refractivity contribution >= 4 is 40.7 Å². The van der Waals surface area contributed by atoms with E-state index in [9.17, 15) is 19.2 Å². The zero-order valence-electron chi connectivity index (χ0n) is 20.4. The molecule has 0 aliphatic carbocycles. The summed E-state index contributed by atoms with van der Waals surface area (Å²) in [5.74, 6) is 3.10. The molecule has 2 N–H and O–H groups in total. The first-order chi connectivity index (χ1) is 18.9. The van der Waals surface area contributed by atoms with Crippen LogP contribution in [0.3, 0.4) is 0 Å². The number of carbonyl (C=O) groups excluding carboxylic acids is 4. The molecular weight excluding hydrogens is 490 g/mol. The molecule has 39 heavy (non-hydrogen) atoms. The fourth-order valence-corrected chi connectivity index (χ4v) is 4.16. The molecule has 4 amide bonds. The van der Waals surface area contributed by atoms with Gasteiger partial charge in [0, 0.05) is 33.6 Å². The minimum atomic E-state index is -0.567. The summed E-state index contributed by atoms with van der Waals surface area (Å²) < 4.78 is 0. The Morgan fingerprint density at radius 2 is 1.13 bits per heavy atom. The van der Waals surface area contributed by atoms with Crippen LogP contribution < -0.4 is 15.5 Å². The van der Waals surface area contributed by atoms with Crippen LogP contribution in [-0.2, 0) is 0 Å². The SMILES string of the molecule is C#Cc1cccc(NC(=O)c2ccc(N3C(=O)c4ccc(C(=O)Nc5cccc(C#C)c5)cc4C3=O)cc2)c1. The largest absolute Gasteiger partial charge is 0.322 e. The standard InChI is InChI=1S/C32H19N3O4/c1-3-20-7-5-9-24(17-20)33-29(36)22-11-14-26(15-12-22)35-31(38)27-16-13-23(19-28(27)32(35)39)30(37)34-25-10-6-8-21(4-2)18-25/h1-2,5-19H,(H,33,36)(H,34,37). The number of anilines is 3. The third kappa shape index (κ3) is 4.89. The molecule has 1 aliphatic rings. The first-order valence-corrected chi connectivity index (χ1v) is 11.8. The molecule has 0 spiro atoms. The summed E-state index contributed by atoms with van der Waals surface area (Å²) >= 11 is 0. The van der Waals surface area contributed by atoms with E-state index in [-0.39, 0.29) is 22.6 Å². The zero-order chi connectivity index (χ0) is 27.5. The van der Waals surface area contributed by atoms with Gasteiger partial charge in [0.2, 0.25) is 0 Å². The van der Waals surface area contributed by atoms with Gasteiger partial charge >= 0.3 is 0 Å². The van der Waals surface area contributed by atoms with Crippen molar-refractivity contribution in [2.45, 2.75) is 0 Å². The van der Waals surface area contributed by atoms with E-state index in [4.69, 9.17) is 12.8 Å². The van der Waals surface area contributed by atoms with Crippen LogP contribution in [0.4, 0.5) is 17.1 Å². The van der Waals surface area contributed by atoms with E-state index in [1.807, 2.05) is 0 Å². The summed E-state index contributed by atoms with van der Waals surface area (Å²) in [4.78, 5) is 52.7. The smallest absolute Gasteiger partial charge is 0.266 e. The molecule has 0 aromatic heterocycles. The second kappa shape index (κ2) is 10.2. The van der Waals surface area contributed by atoms with E-state index in [0.29, 0.717) is 33.8 Å². The molecule has 4 aromatic carbocycles. The Balaban J connectivity index is 1.32. The Kier molecular flexibility index (Phi) is 6.48. The molecule has 0 saturated heterocycles. The Morgan fingerprint density at radius 3 is 1.69 bits per heavy atom. The third-order valence-electron chi connectivity index (χ3n) is 6.11. The van der Waals surface area contributed by atoms with Crippen LogP contribution in [0.15, 0.2) is 91.0 Å². The highest BCUT2D eigenvalue weighted by Crippen LogP contribution is 2.30. The topological polar surface area (TPSA) is 95.6 Å². The van der Waals surface area contributed by atoms with Gasteiger partial charge in [-0.05, 0) is 78.9 Å². The first kappa shape index (κ1) is 24.8. The number of hydrogen-bond acceptors (Lipinski definition) is 4. The summed E-state index contributed by atoms with van der Waals surface area (Å²) in [7, 11) is 0. The molecule has 0 saturated carbocycles. The summed E-state index contributed by atoms with van der Waals surface area (Å²) in [5.41, 5.74) is 3.42. The van der Waals surface area contributed by atoms with E-state index >= 15 is 0 Å². The number of benzene rings is 4. The second-order valence-electron chi connectivity index (χ2n) is 8.61. The van der Waals surface area contributed by atoms with Gasteiger partial charge in [-0.1, -0.05) is 24.0 Å². The number of nitrogens with one attached hydrogen (secondary N) is 2. The van der Waals surface area contributed by atoms with Crippen molar-refractivity contribution in [3.05, 3.63) is 124 Å². The van der Waals surface area contributed by atoms with Crippen LogP contribution in [0.1, 0.15) is 52.6 Å². The lowest BCUT2D eigenvalue weighted by molar-refractivity contribution is 0.0924. The zero-order valence-corrected chi connectivity index (χ0v) is 20.4. The molecule has 0 atom stereocenters. The molecule has 1 aliphatic heterocycles. The molecule has 0 bridgehead atoms. The molecule has 4 aromatic rings. The number of hydrogen-bond donors (Lipinski definition) is 2. The van der Waals surface area contributed by atoms with Crippen LogP contribution in [0.2, 0.25) is 0 Å². The summed E-state index contributed by atoms with van der Waals surface area (Å²) in [6, 6.07) is 24.1. The van der Waals surface area contributed by atoms with Gasteiger partial charge in [0.15, 0.2) is 0 Å². The molecule has 0 unspecified atom stereocenters. The summed E-state index contributed by atoms with van der Waals surface area (Å²) in [6.07, 6.45) is 10.8. The third-order valence-corrected chi connectivity index (χ3v) is 6.11. The van der Waals surface area contributed by atoms with Crippen molar-refractivity contribution in [2.24, 2.45) is 0 Å². The average molecular weight is 510 g/mol. The van der Waals surface area contributed by atoms with E-state index in [1.54, 1.807) is 48.5 Å². The lowest BCUT2D eigenvalue weighted by Gasteiger charge is -2.14. The summed E-state index contributed by atoms with van der Waals surface area (Å²) in [6.45, 7) is 0. The van der Waals surface area contributed by atoms with Crippen molar-refractivity contribution in [1.82, 2.24) is 0 Å². The molecular formula is C32H19N3O4. The molecule has 7 nitrogen and oxygen atoms in total. The highest BCUT2D eigenvalue weighted by atomic mass is 16.2. The monoisotopic (exact) mass is 509 g/mol. The normalized spacial score (nSPS) is 11.8. The fourth-order valence-electron chi connectivity index (χ4n) is 4.16.